The van der Waals surface area contributed by atoms with Crippen molar-refractivity contribution in [2.24, 2.45) is 0 Å². The molecule has 0 saturated carbocycles. The van der Waals surface area contributed by atoms with E-state index >= 15 is 0 Å². The minimum atomic E-state index is -0.101. The maximum Gasteiger partial charge on any atom is 0.241 e. The monoisotopic (exact) mass is 442 g/mol. The van der Waals surface area contributed by atoms with Crippen LogP contribution in [-0.4, -0.2) is 40.0 Å². The van der Waals surface area contributed by atoms with E-state index in [0.717, 1.165) is 66.0 Å². The summed E-state index contributed by atoms with van der Waals surface area (Å²) in [6.07, 6.45) is 5.95. The minimum absolute atomic E-state index is 0.0132. The topological polar surface area (TPSA) is 108 Å². The van der Waals surface area contributed by atoms with E-state index < -0.39 is 0 Å². The summed E-state index contributed by atoms with van der Waals surface area (Å²) in [5.74, 6) is 2.24. The standard InChI is InChI=1S/C25H26N6O2/c32-24(20-4-2-12-27-20)29-17-8-5-15(6-9-17)25-28-14-22(33-25)16-7-10-18-21(13-16)31-23(30-18)19-3-1-11-26-19/h5-10,13-14,19-20,26-27H,1-4,11-12H2,(H,29,32)(H,30,31)/t19-,20-/m0/s1. The molecule has 2 aromatic heterocycles. The summed E-state index contributed by atoms with van der Waals surface area (Å²) in [5, 5.41) is 9.66. The molecule has 0 bridgehead atoms. The summed E-state index contributed by atoms with van der Waals surface area (Å²) in [6.45, 7) is 1.94. The zero-order chi connectivity index (χ0) is 22.2. The zero-order valence-electron chi connectivity index (χ0n) is 18.2. The Morgan fingerprint density at radius 1 is 1.00 bits per heavy atom. The third kappa shape index (κ3) is 4.03. The highest BCUT2D eigenvalue weighted by Crippen LogP contribution is 2.30. The summed E-state index contributed by atoms with van der Waals surface area (Å²) in [6, 6.07) is 13.9. The van der Waals surface area contributed by atoms with Crippen LogP contribution >= 0.6 is 0 Å². The molecule has 2 aromatic carbocycles. The van der Waals surface area contributed by atoms with Crippen molar-refractivity contribution in [2.75, 3.05) is 18.4 Å². The lowest BCUT2D eigenvalue weighted by Gasteiger charge is -2.11. The first-order valence-corrected chi connectivity index (χ1v) is 11.6. The fraction of sp³-hybridized carbons (Fsp3) is 0.320. The zero-order valence-corrected chi connectivity index (χ0v) is 18.2. The Morgan fingerprint density at radius 3 is 2.61 bits per heavy atom. The van der Waals surface area contributed by atoms with Crippen molar-refractivity contribution in [1.82, 2.24) is 25.6 Å². The number of imidazole rings is 1. The first-order valence-electron chi connectivity index (χ1n) is 11.6. The highest BCUT2D eigenvalue weighted by atomic mass is 16.4. The van der Waals surface area contributed by atoms with Gasteiger partial charge in [-0.3, -0.25) is 4.79 Å². The van der Waals surface area contributed by atoms with Gasteiger partial charge in [-0.05, 0) is 81.2 Å². The third-order valence-electron chi connectivity index (χ3n) is 6.46. The smallest absolute Gasteiger partial charge is 0.241 e. The molecule has 0 radical (unpaired) electrons. The molecule has 6 rings (SSSR count). The van der Waals surface area contributed by atoms with Crippen LogP contribution in [0.1, 0.15) is 37.5 Å². The van der Waals surface area contributed by atoms with Crippen LogP contribution < -0.4 is 16.0 Å². The van der Waals surface area contributed by atoms with E-state index in [-0.39, 0.29) is 11.9 Å². The molecule has 2 aliphatic heterocycles. The number of carbonyl (C=O) groups is 1. The van der Waals surface area contributed by atoms with Crippen LogP contribution in [0.15, 0.2) is 53.1 Å². The Kier molecular flexibility index (Phi) is 5.16. The molecule has 0 spiro atoms. The number of carbonyl (C=O) groups excluding carboxylic acids is 1. The summed E-state index contributed by atoms with van der Waals surface area (Å²) < 4.78 is 6.05. The summed E-state index contributed by atoms with van der Waals surface area (Å²) >= 11 is 0. The molecule has 33 heavy (non-hydrogen) atoms. The van der Waals surface area contributed by atoms with E-state index in [1.54, 1.807) is 6.20 Å². The fourth-order valence-electron chi connectivity index (χ4n) is 4.64. The van der Waals surface area contributed by atoms with Crippen molar-refractivity contribution in [1.29, 1.82) is 0 Å². The maximum absolute atomic E-state index is 12.3. The van der Waals surface area contributed by atoms with Crippen LogP contribution in [0, 0.1) is 0 Å². The number of H-pyrrole nitrogens is 1. The van der Waals surface area contributed by atoms with Gasteiger partial charge in [-0.1, -0.05) is 0 Å². The van der Waals surface area contributed by atoms with Crippen LogP contribution in [-0.2, 0) is 4.79 Å². The van der Waals surface area contributed by atoms with Gasteiger partial charge in [0.2, 0.25) is 11.8 Å². The molecule has 8 nitrogen and oxygen atoms in total. The van der Waals surface area contributed by atoms with Crippen molar-refractivity contribution in [3.63, 3.8) is 0 Å². The Morgan fingerprint density at radius 2 is 1.82 bits per heavy atom. The number of rotatable bonds is 5. The van der Waals surface area contributed by atoms with Gasteiger partial charge in [0.1, 0.15) is 5.82 Å². The second-order valence-electron chi connectivity index (χ2n) is 8.75. The number of nitrogens with zero attached hydrogens (tertiary/aromatic N) is 2. The molecular weight excluding hydrogens is 416 g/mol. The molecule has 4 N–H and O–H groups in total. The number of aromatic nitrogens is 3. The number of hydrogen-bond donors (Lipinski definition) is 4. The molecule has 0 aliphatic carbocycles. The second-order valence-corrected chi connectivity index (χ2v) is 8.75. The number of fused-ring (bicyclic) bond motifs is 1. The lowest BCUT2D eigenvalue weighted by atomic mass is 10.1. The SMILES string of the molecule is O=C(Nc1ccc(-c2ncc(-c3ccc4[nH]c([C@@H]5CCCN5)nc4c3)o2)cc1)[C@@H]1CCCN1. The van der Waals surface area contributed by atoms with E-state index in [1.165, 1.54) is 6.42 Å². The van der Waals surface area contributed by atoms with E-state index in [9.17, 15) is 4.79 Å². The van der Waals surface area contributed by atoms with E-state index in [1.807, 2.05) is 42.5 Å². The number of nitrogens with one attached hydrogen (secondary N) is 4. The predicted molar refractivity (Wildman–Crippen MR) is 127 cm³/mol. The average molecular weight is 443 g/mol. The molecule has 4 heterocycles. The normalized spacial score (nSPS) is 20.5. The molecule has 168 valence electrons. The number of oxazole rings is 1. The van der Waals surface area contributed by atoms with Crippen LogP contribution in [0.3, 0.4) is 0 Å². The van der Waals surface area contributed by atoms with Crippen molar-refractivity contribution in [3.8, 4) is 22.8 Å². The highest BCUT2D eigenvalue weighted by molar-refractivity contribution is 5.95. The molecule has 0 unspecified atom stereocenters. The van der Waals surface area contributed by atoms with Gasteiger partial charge < -0.3 is 25.4 Å². The molecule has 8 heteroatoms. The van der Waals surface area contributed by atoms with Gasteiger partial charge in [0.05, 0.1) is 29.3 Å². The minimum Gasteiger partial charge on any atom is -0.436 e. The molecule has 4 aromatic rings. The maximum atomic E-state index is 12.3. The molecule has 1 amide bonds. The molecule has 2 aliphatic rings. The summed E-state index contributed by atoms with van der Waals surface area (Å²) in [4.78, 5) is 25.0. The first kappa shape index (κ1) is 20.1. The predicted octanol–water partition coefficient (Wildman–Crippen LogP) is 4.00. The van der Waals surface area contributed by atoms with E-state index in [4.69, 9.17) is 9.40 Å². The number of amides is 1. The molecular formula is C25H26N6O2. The van der Waals surface area contributed by atoms with Crippen LogP contribution in [0.4, 0.5) is 5.69 Å². The van der Waals surface area contributed by atoms with Gasteiger partial charge in [-0.2, -0.15) is 0 Å². The van der Waals surface area contributed by atoms with Gasteiger partial charge >= 0.3 is 0 Å². The number of benzene rings is 2. The van der Waals surface area contributed by atoms with Gasteiger partial charge in [0, 0.05) is 16.8 Å². The molecule has 2 atom stereocenters. The van der Waals surface area contributed by atoms with Crippen molar-refractivity contribution in [2.45, 2.75) is 37.8 Å². The lowest BCUT2D eigenvalue weighted by Crippen LogP contribution is -2.35. The largest absolute Gasteiger partial charge is 0.436 e. The van der Waals surface area contributed by atoms with Gasteiger partial charge in [-0.15, -0.1) is 0 Å². The van der Waals surface area contributed by atoms with E-state index in [0.29, 0.717) is 17.7 Å². The van der Waals surface area contributed by atoms with Crippen molar-refractivity contribution >= 4 is 22.6 Å². The molecule has 2 saturated heterocycles. The first-order chi connectivity index (χ1) is 16.2. The van der Waals surface area contributed by atoms with Crippen LogP contribution in [0.25, 0.3) is 33.8 Å². The number of anilines is 1. The van der Waals surface area contributed by atoms with Crippen LogP contribution in [0.2, 0.25) is 0 Å². The fourth-order valence-corrected chi connectivity index (χ4v) is 4.64. The summed E-state index contributed by atoms with van der Waals surface area (Å²) in [7, 11) is 0. The van der Waals surface area contributed by atoms with E-state index in [2.05, 4.69) is 25.9 Å². The highest BCUT2D eigenvalue weighted by Gasteiger charge is 2.22. The van der Waals surface area contributed by atoms with Gasteiger partial charge in [-0.25, -0.2) is 9.97 Å². The Bertz CT molecular complexity index is 1280. The Hall–Kier alpha value is -3.49. The molecule has 2 fully saturated rings. The quantitative estimate of drug-likeness (QED) is 0.372. The lowest BCUT2D eigenvalue weighted by molar-refractivity contribution is -0.117. The Labute approximate surface area is 191 Å². The van der Waals surface area contributed by atoms with Gasteiger partial charge in [0.25, 0.3) is 0 Å². The van der Waals surface area contributed by atoms with Crippen molar-refractivity contribution < 1.29 is 9.21 Å². The summed E-state index contributed by atoms with van der Waals surface area (Å²) in [5.41, 5.74) is 4.50. The van der Waals surface area contributed by atoms with Crippen LogP contribution in [0.5, 0.6) is 0 Å². The number of hydrogen-bond acceptors (Lipinski definition) is 6. The Balaban J connectivity index is 1.18. The third-order valence-corrected chi connectivity index (χ3v) is 6.46. The van der Waals surface area contributed by atoms with Crippen molar-refractivity contribution in [3.05, 3.63) is 54.5 Å². The second kappa shape index (κ2) is 8.46. The number of aromatic amines is 1. The average Bonchev–Trinajstić information content (AvgIpc) is 3.64. The van der Waals surface area contributed by atoms with Gasteiger partial charge in [0.15, 0.2) is 5.76 Å².